The molecule has 0 bridgehead atoms. The fourth-order valence-electron chi connectivity index (χ4n) is 3.23. The van der Waals surface area contributed by atoms with Gasteiger partial charge in [0, 0.05) is 23.7 Å². The van der Waals surface area contributed by atoms with E-state index in [1.807, 2.05) is 56.3 Å². The zero-order valence-electron chi connectivity index (χ0n) is 14.3. The van der Waals surface area contributed by atoms with Crippen LogP contribution in [0.2, 0.25) is 5.02 Å². The maximum absolute atomic E-state index is 12.8. The Bertz CT molecular complexity index is 804. The molecule has 3 rings (SSSR count). The van der Waals surface area contributed by atoms with Crippen molar-refractivity contribution in [2.45, 2.75) is 33.0 Å². The Kier molecular flexibility index (Phi) is 5.09. The van der Waals surface area contributed by atoms with Crippen molar-refractivity contribution in [3.63, 3.8) is 0 Å². The highest BCUT2D eigenvalue weighted by Gasteiger charge is 2.37. The van der Waals surface area contributed by atoms with E-state index in [1.54, 1.807) is 11.0 Å². The van der Waals surface area contributed by atoms with Gasteiger partial charge in [-0.15, -0.1) is 0 Å². The van der Waals surface area contributed by atoms with E-state index in [0.717, 1.165) is 11.1 Å². The Morgan fingerprint density at radius 3 is 2.52 bits per heavy atom. The van der Waals surface area contributed by atoms with Gasteiger partial charge >= 0.3 is 0 Å². The molecule has 2 aromatic rings. The number of carbonyl (C=O) groups excluding carboxylic acids is 2. The van der Waals surface area contributed by atoms with Crippen LogP contribution in [0, 0.1) is 5.92 Å². The van der Waals surface area contributed by atoms with Crippen molar-refractivity contribution in [3.05, 3.63) is 70.2 Å². The van der Waals surface area contributed by atoms with Crippen LogP contribution in [0.1, 0.15) is 35.3 Å². The Balaban J connectivity index is 1.75. The van der Waals surface area contributed by atoms with E-state index in [0.29, 0.717) is 23.7 Å². The highest BCUT2D eigenvalue weighted by Crippen LogP contribution is 2.27. The third-order valence-corrected chi connectivity index (χ3v) is 4.86. The van der Waals surface area contributed by atoms with E-state index in [1.165, 1.54) is 0 Å². The molecular formula is C20H21ClN2O2. The minimum Gasteiger partial charge on any atom is -0.350 e. The maximum atomic E-state index is 12.8. The van der Waals surface area contributed by atoms with Gasteiger partial charge in [-0.3, -0.25) is 9.59 Å². The third kappa shape index (κ3) is 3.54. The van der Waals surface area contributed by atoms with Gasteiger partial charge in [-0.2, -0.15) is 0 Å². The van der Waals surface area contributed by atoms with Gasteiger partial charge in [0.1, 0.15) is 6.04 Å². The fraction of sp³-hybridized carbons (Fsp3) is 0.300. The molecule has 130 valence electrons. The molecule has 0 aromatic heterocycles. The molecule has 5 heteroatoms. The largest absolute Gasteiger partial charge is 0.350 e. The maximum Gasteiger partial charge on any atom is 0.255 e. The van der Waals surface area contributed by atoms with Crippen molar-refractivity contribution in [1.82, 2.24) is 10.2 Å². The summed E-state index contributed by atoms with van der Waals surface area (Å²) in [6.45, 7) is 4.72. The first-order chi connectivity index (χ1) is 12.0. The standard InChI is InChI=1S/C20H21ClN2O2/c1-13(2)18(19(24)22-11-14-7-4-6-10-17(14)21)23-12-15-8-3-5-9-16(15)20(23)25/h3-10,13,18H,11-12H2,1-2H3,(H,22,24)/t18-/m0/s1. The fourth-order valence-corrected chi connectivity index (χ4v) is 3.44. The molecule has 4 nitrogen and oxygen atoms in total. The number of fused-ring (bicyclic) bond motifs is 1. The second kappa shape index (κ2) is 7.28. The summed E-state index contributed by atoms with van der Waals surface area (Å²) in [7, 11) is 0. The van der Waals surface area contributed by atoms with Crippen molar-refractivity contribution in [3.8, 4) is 0 Å². The number of hydrogen-bond acceptors (Lipinski definition) is 2. The number of nitrogens with one attached hydrogen (secondary N) is 1. The number of hydrogen-bond donors (Lipinski definition) is 1. The monoisotopic (exact) mass is 356 g/mol. The molecule has 1 atom stereocenters. The minimum atomic E-state index is -0.512. The predicted octanol–water partition coefficient (Wildman–Crippen LogP) is 3.64. The summed E-state index contributed by atoms with van der Waals surface area (Å²) in [5, 5.41) is 3.55. The third-order valence-electron chi connectivity index (χ3n) is 4.50. The average molecular weight is 357 g/mol. The minimum absolute atomic E-state index is 0.00417. The Morgan fingerprint density at radius 2 is 1.84 bits per heavy atom. The summed E-state index contributed by atoms with van der Waals surface area (Å²) in [5.74, 6) is -0.234. The van der Waals surface area contributed by atoms with Gasteiger partial charge in [0.05, 0.1) is 0 Å². The van der Waals surface area contributed by atoms with Crippen molar-refractivity contribution >= 4 is 23.4 Å². The van der Waals surface area contributed by atoms with E-state index < -0.39 is 6.04 Å². The molecule has 0 saturated carbocycles. The number of halogens is 1. The Hall–Kier alpha value is -2.33. The van der Waals surface area contributed by atoms with Gasteiger partial charge in [0.25, 0.3) is 5.91 Å². The summed E-state index contributed by atoms with van der Waals surface area (Å²) < 4.78 is 0. The van der Waals surface area contributed by atoms with Crippen LogP contribution in [0.25, 0.3) is 0 Å². The van der Waals surface area contributed by atoms with Crippen LogP contribution >= 0.6 is 11.6 Å². The summed E-state index contributed by atoms with van der Waals surface area (Å²) in [4.78, 5) is 27.2. The molecule has 0 spiro atoms. The summed E-state index contributed by atoms with van der Waals surface area (Å²) in [5.41, 5.74) is 2.51. The van der Waals surface area contributed by atoms with E-state index >= 15 is 0 Å². The lowest BCUT2D eigenvalue weighted by atomic mass is 10.0. The molecule has 0 radical (unpaired) electrons. The van der Waals surface area contributed by atoms with E-state index in [-0.39, 0.29) is 17.7 Å². The van der Waals surface area contributed by atoms with Crippen LogP contribution in [0.4, 0.5) is 0 Å². The van der Waals surface area contributed by atoms with Gasteiger partial charge in [-0.25, -0.2) is 0 Å². The molecule has 0 aliphatic carbocycles. The molecule has 1 heterocycles. The lowest BCUT2D eigenvalue weighted by molar-refractivity contribution is -0.127. The van der Waals surface area contributed by atoms with Gasteiger partial charge in [-0.1, -0.05) is 61.8 Å². The molecule has 0 unspecified atom stereocenters. The van der Waals surface area contributed by atoms with Crippen LogP contribution in [-0.2, 0) is 17.9 Å². The summed E-state index contributed by atoms with van der Waals surface area (Å²) in [6, 6.07) is 14.4. The molecule has 0 saturated heterocycles. The highest BCUT2D eigenvalue weighted by atomic mass is 35.5. The normalized spacial score (nSPS) is 14.6. The predicted molar refractivity (Wildman–Crippen MR) is 98.2 cm³/mol. The van der Waals surface area contributed by atoms with Crippen LogP contribution in [0.15, 0.2) is 48.5 Å². The molecule has 1 aliphatic heterocycles. The number of amides is 2. The molecule has 1 N–H and O–H groups in total. The first kappa shape index (κ1) is 17.5. The van der Waals surface area contributed by atoms with Crippen molar-refractivity contribution in [1.29, 1.82) is 0 Å². The van der Waals surface area contributed by atoms with Crippen LogP contribution < -0.4 is 5.32 Å². The van der Waals surface area contributed by atoms with Gasteiger partial charge in [0.2, 0.25) is 5.91 Å². The van der Waals surface area contributed by atoms with Crippen molar-refractivity contribution < 1.29 is 9.59 Å². The summed E-state index contributed by atoms with van der Waals surface area (Å²) >= 11 is 6.15. The summed E-state index contributed by atoms with van der Waals surface area (Å²) in [6.07, 6.45) is 0. The zero-order valence-corrected chi connectivity index (χ0v) is 15.1. The zero-order chi connectivity index (χ0) is 18.0. The number of nitrogens with zero attached hydrogens (tertiary/aromatic N) is 1. The van der Waals surface area contributed by atoms with Crippen LogP contribution in [0.5, 0.6) is 0 Å². The second-order valence-electron chi connectivity index (χ2n) is 6.59. The second-order valence-corrected chi connectivity index (χ2v) is 7.00. The SMILES string of the molecule is CC(C)[C@@H](C(=O)NCc1ccccc1Cl)N1Cc2ccccc2C1=O. The lowest BCUT2D eigenvalue weighted by Gasteiger charge is -2.30. The van der Waals surface area contributed by atoms with E-state index in [4.69, 9.17) is 11.6 Å². The van der Waals surface area contributed by atoms with Gasteiger partial charge < -0.3 is 10.2 Å². The van der Waals surface area contributed by atoms with Crippen molar-refractivity contribution in [2.24, 2.45) is 5.92 Å². The lowest BCUT2D eigenvalue weighted by Crippen LogP contribution is -2.49. The molecule has 2 aromatic carbocycles. The average Bonchev–Trinajstić information content (AvgIpc) is 2.91. The van der Waals surface area contributed by atoms with Crippen LogP contribution in [0.3, 0.4) is 0 Å². The number of rotatable bonds is 5. The first-order valence-corrected chi connectivity index (χ1v) is 8.77. The Labute approximate surface area is 152 Å². The van der Waals surface area contributed by atoms with Gasteiger partial charge in [0.15, 0.2) is 0 Å². The molecule has 0 fully saturated rings. The molecule has 2 amide bonds. The van der Waals surface area contributed by atoms with E-state index in [9.17, 15) is 9.59 Å². The highest BCUT2D eigenvalue weighted by molar-refractivity contribution is 6.31. The topological polar surface area (TPSA) is 49.4 Å². The quantitative estimate of drug-likeness (QED) is 0.889. The van der Waals surface area contributed by atoms with E-state index in [2.05, 4.69) is 5.32 Å². The first-order valence-electron chi connectivity index (χ1n) is 8.39. The van der Waals surface area contributed by atoms with Crippen LogP contribution in [-0.4, -0.2) is 22.8 Å². The smallest absolute Gasteiger partial charge is 0.255 e. The Morgan fingerprint density at radius 1 is 1.16 bits per heavy atom. The number of carbonyl (C=O) groups is 2. The molecular weight excluding hydrogens is 336 g/mol. The number of benzene rings is 2. The van der Waals surface area contributed by atoms with Crippen molar-refractivity contribution in [2.75, 3.05) is 0 Å². The molecule has 25 heavy (non-hydrogen) atoms. The molecule has 1 aliphatic rings. The van der Waals surface area contributed by atoms with Gasteiger partial charge in [-0.05, 0) is 29.2 Å².